The summed E-state index contributed by atoms with van der Waals surface area (Å²) in [5, 5.41) is 9.61. The maximum Gasteiger partial charge on any atom is 0.272 e. The van der Waals surface area contributed by atoms with Gasteiger partial charge in [-0.15, -0.1) is 0 Å². The van der Waals surface area contributed by atoms with Crippen LogP contribution in [0, 0.1) is 0 Å². The number of benzene rings is 4. The number of hydrogen-bond donors (Lipinski definition) is 2. The highest BCUT2D eigenvalue weighted by Crippen LogP contribution is 2.30. The fourth-order valence-corrected chi connectivity index (χ4v) is 4.62. The fraction of sp³-hybridized carbons (Fsp3) is 0.107. The van der Waals surface area contributed by atoms with E-state index in [0.717, 1.165) is 27.8 Å². The Morgan fingerprint density at radius 2 is 1.74 bits per heavy atom. The number of nitrogens with zero attached hydrogens (tertiary/aromatic N) is 2. The number of aliphatic imine (C=N–C) groups is 1. The first kappa shape index (κ1) is 23.0. The van der Waals surface area contributed by atoms with Gasteiger partial charge in [-0.3, -0.25) is 4.79 Å². The molecule has 0 aliphatic carbocycles. The predicted octanol–water partition coefficient (Wildman–Crippen LogP) is 5.30. The molecule has 174 valence electrons. The van der Waals surface area contributed by atoms with Crippen molar-refractivity contribution in [1.29, 1.82) is 0 Å². The number of anilines is 1. The number of carbonyl (C=O) groups excluding carboxylic acids is 1. The van der Waals surface area contributed by atoms with Crippen molar-refractivity contribution in [2.45, 2.75) is 12.7 Å². The molecule has 7 heteroatoms. The van der Waals surface area contributed by atoms with Crippen molar-refractivity contribution in [3.8, 4) is 0 Å². The molecule has 0 saturated heterocycles. The van der Waals surface area contributed by atoms with Crippen LogP contribution in [0.15, 0.2) is 96.0 Å². The number of nitrogens with one attached hydrogen (secondary N) is 2. The van der Waals surface area contributed by atoms with Crippen LogP contribution in [0.25, 0.3) is 10.8 Å². The lowest BCUT2D eigenvalue weighted by molar-refractivity contribution is -0.119. The van der Waals surface area contributed by atoms with Gasteiger partial charge in [0, 0.05) is 29.7 Å². The molecule has 1 unspecified atom stereocenters. The SMILES string of the molecule is CN1C(=O)C(NC(=S)NCc2cccc3ccccc23)N=C(c2ccccc2)c2cc(Cl)ccc21. The zero-order chi connectivity index (χ0) is 24.4. The van der Waals surface area contributed by atoms with Gasteiger partial charge in [0.1, 0.15) is 0 Å². The number of amides is 1. The van der Waals surface area contributed by atoms with Crippen molar-refractivity contribution < 1.29 is 4.79 Å². The molecular weight excluding hydrogens is 476 g/mol. The zero-order valence-corrected chi connectivity index (χ0v) is 20.6. The van der Waals surface area contributed by atoms with E-state index in [4.69, 9.17) is 28.8 Å². The Morgan fingerprint density at radius 3 is 2.57 bits per heavy atom. The Bertz CT molecular complexity index is 1450. The highest BCUT2D eigenvalue weighted by molar-refractivity contribution is 7.80. The highest BCUT2D eigenvalue weighted by Gasteiger charge is 2.30. The summed E-state index contributed by atoms with van der Waals surface area (Å²) in [6.45, 7) is 0.523. The first-order chi connectivity index (χ1) is 17.0. The standard InChI is InChI=1S/C28H23ClN4OS/c1-33-24-15-14-21(29)16-23(24)25(19-9-3-2-4-10-19)31-26(27(33)34)32-28(35)30-17-20-12-7-11-18-8-5-6-13-22(18)20/h2-16,26H,17H2,1H3,(H2,30,32,35). The molecule has 1 amide bonds. The number of benzodiazepines with no additional fused rings is 1. The first-order valence-electron chi connectivity index (χ1n) is 11.2. The molecule has 1 aliphatic rings. The van der Waals surface area contributed by atoms with Gasteiger partial charge in [0.15, 0.2) is 5.11 Å². The van der Waals surface area contributed by atoms with E-state index in [1.807, 2.05) is 60.7 Å². The third-order valence-electron chi connectivity index (χ3n) is 6.03. The lowest BCUT2D eigenvalue weighted by Crippen LogP contribution is -2.49. The Hall–Kier alpha value is -3.74. The third kappa shape index (κ3) is 4.76. The van der Waals surface area contributed by atoms with Crippen molar-refractivity contribution in [2.75, 3.05) is 11.9 Å². The largest absolute Gasteiger partial charge is 0.359 e. The molecular formula is C28H23ClN4OS. The molecule has 0 aromatic heterocycles. The van der Waals surface area contributed by atoms with Crippen molar-refractivity contribution in [3.63, 3.8) is 0 Å². The van der Waals surface area contributed by atoms with Gasteiger partial charge in [-0.1, -0.05) is 84.4 Å². The summed E-state index contributed by atoms with van der Waals surface area (Å²) in [6, 6.07) is 29.6. The molecule has 1 atom stereocenters. The van der Waals surface area contributed by atoms with E-state index >= 15 is 0 Å². The number of likely N-dealkylation sites (N-methyl/N-ethyl adjacent to an activating group) is 1. The summed E-state index contributed by atoms with van der Waals surface area (Å²) in [4.78, 5) is 19.8. The number of fused-ring (bicyclic) bond motifs is 2. The van der Waals surface area contributed by atoms with Crippen molar-refractivity contribution in [3.05, 3.63) is 113 Å². The molecule has 0 spiro atoms. The van der Waals surface area contributed by atoms with Gasteiger partial charge in [0.05, 0.1) is 11.4 Å². The molecule has 0 bridgehead atoms. The molecule has 4 aromatic rings. The minimum atomic E-state index is -0.895. The van der Waals surface area contributed by atoms with Gasteiger partial charge >= 0.3 is 0 Å². The number of hydrogen-bond acceptors (Lipinski definition) is 3. The molecule has 5 rings (SSSR count). The van der Waals surface area contributed by atoms with Crippen LogP contribution < -0.4 is 15.5 Å². The van der Waals surface area contributed by atoms with Gasteiger partial charge < -0.3 is 15.5 Å². The van der Waals surface area contributed by atoms with Crippen LogP contribution in [0.5, 0.6) is 0 Å². The second-order valence-electron chi connectivity index (χ2n) is 8.27. The van der Waals surface area contributed by atoms with Crippen molar-refractivity contribution in [1.82, 2.24) is 10.6 Å². The van der Waals surface area contributed by atoms with Gasteiger partial charge in [0.2, 0.25) is 6.17 Å². The molecule has 1 aliphatic heterocycles. The second-order valence-corrected chi connectivity index (χ2v) is 9.11. The van der Waals surface area contributed by atoms with E-state index in [2.05, 4.69) is 34.9 Å². The van der Waals surface area contributed by atoms with Crippen LogP contribution in [0.1, 0.15) is 16.7 Å². The smallest absolute Gasteiger partial charge is 0.272 e. The maximum absolute atomic E-state index is 13.4. The topological polar surface area (TPSA) is 56.7 Å². The van der Waals surface area contributed by atoms with E-state index in [-0.39, 0.29) is 5.91 Å². The number of carbonyl (C=O) groups is 1. The number of halogens is 1. The van der Waals surface area contributed by atoms with Crippen LogP contribution in [0.2, 0.25) is 5.02 Å². The molecule has 1 heterocycles. The van der Waals surface area contributed by atoms with Crippen LogP contribution in [-0.2, 0) is 11.3 Å². The van der Waals surface area contributed by atoms with Crippen LogP contribution in [0.4, 0.5) is 5.69 Å². The number of rotatable bonds is 4. The average Bonchev–Trinajstić information content (AvgIpc) is 2.98. The maximum atomic E-state index is 13.4. The molecule has 0 radical (unpaired) electrons. The Balaban J connectivity index is 1.43. The van der Waals surface area contributed by atoms with E-state index in [0.29, 0.717) is 22.4 Å². The summed E-state index contributed by atoms with van der Waals surface area (Å²) in [6.07, 6.45) is -0.895. The van der Waals surface area contributed by atoms with E-state index < -0.39 is 6.17 Å². The molecule has 0 fully saturated rings. The quantitative estimate of drug-likeness (QED) is 0.375. The van der Waals surface area contributed by atoms with Gasteiger partial charge in [0.25, 0.3) is 5.91 Å². The minimum Gasteiger partial charge on any atom is -0.359 e. The van der Waals surface area contributed by atoms with E-state index in [9.17, 15) is 4.79 Å². The van der Waals surface area contributed by atoms with Crippen molar-refractivity contribution >= 4 is 57.0 Å². The summed E-state index contributed by atoms with van der Waals surface area (Å²) in [5.41, 5.74) is 4.21. The van der Waals surface area contributed by atoms with Crippen LogP contribution in [-0.4, -0.2) is 29.9 Å². The van der Waals surface area contributed by atoms with Gasteiger partial charge in [-0.2, -0.15) is 0 Å². The molecule has 4 aromatic carbocycles. The van der Waals surface area contributed by atoms with Gasteiger partial charge in [-0.05, 0) is 46.8 Å². The van der Waals surface area contributed by atoms with Gasteiger partial charge in [-0.25, -0.2) is 4.99 Å². The number of thiocarbonyl (C=S) groups is 1. The highest BCUT2D eigenvalue weighted by atomic mass is 35.5. The van der Waals surface area contributed by atoms with E-state index in [1.54, 1.807) is 18.0 Å². The Morgan fingerprint density at radius 1 is 1.00 bits per heavy atom. The lowest BCUT2D eigenvalue weighted by Gasteiger charge is -2.22. The average molecular weight is 499 g/mol. The Kier molecular flexibility index (Phi) is 6.49. The monoisotopic (exact) mass is 498 g/mol. The third-order valence-corrected chi connectivity index (χ3v) is 6.53. The first-order valence-corrected chi connectivity index (χ1v) is 12.0. The van der Waals surface area contributed by atoms with Crippen LogP contribution in [0.3, 0.4) is 0 Å². The van der Waals surface area contributed by atoms with Crippen LogP contribution >= 0.6 is 23.8 Å². The molecule has 2 N–H and O–H groups in total. The van der Waals surface area contributed by atoms with Crippen molar-refractivity contribution in [2.24, 2.45) is 4.99 Å². The predicted molar refractivity (Wildman–Crippen MR) is 147 cm³/mol. The second kappa shape index (κ2) is 9.86. The lowest BCUT2D eigenvalue weighted by atomic mass is 10.0. The molecule has 5 nitrogen and oxygen atoms in total. The zero-order valence-electron chi connectivity index (χ0n) is 19.0. The normalized spacial score (nSPS) is 15.3. The molecule has 35 heavy (non-hydrogen) atoms. The fourth-order valence-electron chi connectivity index (χ4n) is 4.26. The molecule has 0 saturated carbocycles. The summed E-state index contributed by atoms with van der Waals surface area (Å²) >= 11 is 11.9. The summed E-state index contributed by atoms with van der Waals surface area (Å²) < 4.78 is 0. The summed E-state index contributed by atoms with van der Waals surface area (Å²) in [5.74, 6) is -0.214. The Labute approximate surface area is 214 Å². The summed E-state index contributed by atoms with van der Waals surface area (Å²) in [7, 11) is 1.74. The minimum absolute atomic E-state index is 0.214. The van der Waals surface area contributed by atoms with E-state index in [1.165, 1.54) is 5.39 Å².